The van der Waals surface area contributed by atoms with Crippen LogP contribution in [0.4, 0.5) is 10.5 Å². The molecule has 7 nitrogen and oxygen atoms in total. The normalized spacial score (nSPS) is 9.70. The van der Waals surface area contributed by atoms with Gasteiger partial charge in [0.1, 0.15) is 6.54 Å². The lowest BCUT2D eigenvalue weighted by Gasteiger charge is -2.10. The number of carbonyl (C=O) groups excluding carboxylic acids is 2. The minimum absolute atomic E-state index is 0.0337. The number of carboxylic acids is 1. The maximum atomic E-state index is 11.5. The van der Waals surface area contributed by atoms with Gasteiger partial charge in [-0.05, 0) is 25.1 Å². The standard InChI is InChI=1S/C12H13ClN2O5/c1-2-20-10(16)6-14-12(19)15-9-5-7(13)3-4-8(9)11(17)18/h3-5H,2,6H2,1H3,(H,17,18)(H2,14,15,19). The molecule has 0 unspecified atom stereocenters. The molecule has 0 saturated heterocycles. The predicted octanol–water partition coefficient (Wildman–Crippen LogP) is 1.72. The fourth-order valence-electron chi connectivity index (χ4n) is 1.34. The van der Waals surface area contributed by atoms with Crippen molar-refractivity contribution >= 4 is 35.3 Å². The Balaban J connectivity index is 2.68. The number of ether oxygens (including phenoxy) is 1. The molecule has 0 aliphatic heterocycles. The fraction of sp³-hybridized carbons (Fsp3) is 0.250. The number of carboxylic acid groups (broad SMARTS) is 1. The van der Waals surface area contributed by atoms with E-state index in [9.17, 15) is 14.4 Å². The van der Waals surface area contributed by atoms with E-state index in [-0.39, 0.29) is 29.4 Å². The number of carbonyl (C=O) groups is 3. The number of aromatic carboxylic acids is 1. The number of urea groups is 1. The van der Waals surface area contributed by atoms with E-state index in [4.69, 9.17) is 16.7 Å². The van der Waals surface area contributed by atoms with Crippen LogP contribution >= 0.6 is 11.6 Å². The highest BCUT2D eigenvalue weighted by atomic mass is 35.5. The van der Waals surface area contributed by atoms with Gasteiger partial charge in [0, 0.05) is 5.02 Å². The van der Waals surface area contributed by atoms with E-state index < -0.39 is 18.0 Å². The maximum absolute atomic E-state index is 11.5. The summed E-state index contributed by atoms with van der Waals surface area (Å²) in [5, 5.41) is 13.8. The first-order valence-electron chi connectivity index (χ1n) is 5.67. The quantitative estimate of drug-likeness (QED) is 0.718. The largest absolute Gasteiger partial charge is 0.478 e. The third kappa shape index (κ3) is 4.77. The smallest absolute Gasteiger partial charge is 0.337 e. The number of nitrogens with one attached hydrogen (secondary N) is 2. The zero-order valence-corrected chi connectivity index (χ0v) is 11.4. The second-order valence-corrected chi connectivity index (χ2v) is 4.04. The van der Waals surface area contributed by atoms with Crippen LogP contribution in [-0.2, 0) is 9.53 Å². The summed E-state index contributed by atoms with van der Waals surface area (Å²) in [5.41, 5.74) is -0.0768. The van der Waals surface area contributed by atoms with Crippen LogP contribution in [-0.4, -0.2) is 36.2 Å². The van der Waals surface area contributed by atoms with Gasteiger partial charge < -0.3 is 20.5 Å². The zero-order chi connectivity index (χ0) is 15.1. The average Bonchev–Trinajstić information content (AvgIpc) is 2.36. The van der Waals surface area contributed by atoms with Crippen molar-refractivity contribution in [3.8, 4) is 0 Å². The van der Waals surface area contributed by atoms with Gasteiger partial charge in [0.25, 0.3) is 0 Å². The van der Waals surface area contributed by atoms with Gasteiger partial charge in [-0.2, -0.15) is 0 Å². The number of hydrogen-bond donors (Lipinski definition) is 3. The van der Waals surface area contributed by atoms with E-state index in [0.717, 1.165) is 0 Å². The van der Waals surface area contributed by atoms with Gasteiger partial charge in [-0.25, -0.2) is 9.59 Å². The molecule has 1 rings (SSSR count). The van der Waals surface area contributed by atoms with E-state index in [2.05, 4.69) is 15.4 Å². The zero-order valence-electron chi connectivity index (χ0n) is 10.6. The first kappa shape index (κ1) is 15.8. The molecule has 0 spiro atoms. The lowest BCUT2D eigenvalue weighted by molar-refractivity contribution is -0.141. The third-order valence-corrected chi connectivity index (χ3v) is 2.39. The summed E-state index contributed by atoms with van der Waals surface area (Å²) < 4.78 is 4.63. The van der Waals surface area contributed by atoms with Crippen molar-refractivity contribution in [2.45, 2.75) is 6.92 Å². The van der Waals surface area contributed by atoms with Crippen molar-refractivity contribution < 1.29 is 24.2 Å². The van der Waals surface area contributed by atoms with Gasteiger partial charge >= 0.3 is 18.0 Å². The third-order valence-electron chi connectivity index (χ3n) is 2.16. The topological polar surface area (TPSA) is 105 Å². The van der Waals surface area contributed by atoms with E-state index in [1.54, 1.807) is 6.92 Å². The van der Waals surface area contributed by atoms with Gasteiger partial charge in [0.15, 0.2) is 0 Å². The van der Waals surface area contributed by atoms with Crippen LogP contribution in [0.15, 0.2) is 18.2 Å². The number of anilines is 1. The molecule has 1 aromatic carbocycles. The Morgan fingerprint density at radius 2 is 2.05 bits per heavy atom. The molecule has 0 aliphatic rings. The van der Waals surface area contributed by atoms with E-state index in [1.807, 2.05) is 0 Å². The van der Waals surface area contributed by atoms with Crippen molar-refractivity contribution in [2.75, 3.05) is 18.5 Å². The van der Waals surface area contributed by atoms with Crippen molar-refractivity contribution in [3.05, 3.63) is 28.8 Å². The number of rotatable bonds is 5. The summed E-state index contributed by atoms with van der Waals surface area (Å²) in [6.07, 6.45) is 0. The van der Waals surface area contributed by atoms with Crippen molar-refractivity contribution in [3.63, 3.8) is 0 Å². The van der Waals surface area contributed by atoms with E-state index in [1.165, 1.54) is 18.2 Å². The first-order valence-corrected chi connectivity index (χ1v) is 6.05. The molecule has 3 N–H and O–H groups in total. The van der Waals surface area contributed by atoms with Gasteiger partial charge in [0.05, 0.1) is 17.9 Å². The molecule has 2 amide bonds. The van der Waals surface area contributed by atoms with Gasteiger partial charge in [-0.3, -0.25) is 4.79 Å². The Hall–Kier alpha value is -2.28. The molecular formula is C12H13ClN2O5. The molecular weight excluding hydrogens is 288 g/mol. The highest BCUT2D eigenvalue weighted by Gasteiger charge is 2.13. The molecule has 20 heavy (non-hydrogen) atoms. The van der Waals surface area contributed by atoms with Crippen LogP contribution in [0.25, 0.3) is 0 Å². The Morgan fingerprint density at radius 1 is 1.35 bits per heavy atom. The summed E-state index contributed by atoms with van der Waals surface area (Å²) in [5.74, 6) is -1.80. The Morgan fingerprint density at radius 3 is 2.65 bits per heavy atom. The van der Waals surface area contributed by atoms with Crippen LogP contribution in [0.5, 0.6) is 0 Å². The van der Waals surface area contributed by atoms with Crippen LogP contribution in [0.2, 0.25) is 5.02 Å². The summed E-state index contributed by atoms with van der Waals surface area (Å²) >= 11 is 5.73. The highest BCUT2D eigenvalue weighted by Crippen LogP contribution is 2.21. The SMILES string of the molecule is CCOC(=O)CNC(=O)Nc1cc(Cl)ccc1C(=O)O. The van der Waals surface area contributed by atoms with Gasteiger partial charge in [-0.15, -0.1) is 0 Å². The molecule has 0 radical (unpaired) electrons. The van der Waals surface area contributed by atoms with Crippen molar-refractivity contribution in [1.82, 2.24) is 5.32 Å². The molecule has 0 bridgehead atoms. The van der Waals surface area contributed by atoms with Crippen LogP contribution in [0, 0.1) is 0 Å². The average molecular weight is 301 g/mol. The number of esters is 1. The summed E-state index contributed by atoms with van der Waals surface area (Å²) in [6.45, 7) is 1.53. The molecule has 0 saturated carbocycles. The van der Waals surface area contributed by atoms with Crippen molar-refractivity contribution in [2.24, 2.45) is 0 Å². The Bertz CT molecular complexity index is 533. The lowest BCUT2D eigenvalue weighted by atomic mass is 10.2. The summed E-state index contributed by atoms with van der Waals surface area (Å²) in [6, 6.07) is 3.23. The monoisotopic (exact) mass is 300 g/mol. The number of benzene rings is 1. The number of amides is 2. The minimum Gasteiger partial charge on any atom is -0.478 e. The molecule has 1 aromatic rings. The number of halogens is 1. The molecule has 0 atom stereocenters. The predicted molar refractivity (Wildman–Crippen MR) is 72.1 cm³/mol. The van der Waals surface area contributed by atoms with Crippen LogP contribution < -0.4 is 10.6 Å². The van der Waals surface area contributed by atoms with Gasteiger partial charge in [0.2, 0.25) is 0 Å². The van der Waals surface area contributed by atoms with E-state index in [0.29, 0.717) is 0 Å². The lowest BCUT2D eigenvalue weighted by Crippen LogP contribution is -2.34. The van der Waals surface area contributed by atoms with Crippen LogP contribution in [0.1, 0.15) is 17.3 Å². The summed E-state index contributed by atoms with van der Waals surface area (Å²) in [7, 11) is 0. The fourth-order valence-corrected chi connectivity index (χ4v) is 1.51. The second kappa shape index (κ2) is 7.34. The Labute approximate surface area is 119 Å². The molecule has 0 heterocycles. The molecule has 0 aliphatic carbocycles. The van der Waals surface area contributed by atoms with Crippen LogP contribution in [0.3, 0.4) is 0 Å². The maximum Gasteiger partial charge on any atom is 0.337 e. The number of hydrogen-bond acceptors (Lipinski definition) is 4. The first-order chi connectivity index (χ1) is 9.43. The summed E-state index contributed by atoms with van der Waals surface area (Å²) in [4.78, 5) is 33.6. The molecule has 0 aromatic heterocycles. The van der Waals surface area contributed by atoms with E-state index >= 15 is 0 Å². The Kier molecular flexibility index (Phi) is 5.79. The minimum atomic E-state index is -1.21. The highest BCUT2D eigenvalue weighted by molar-refractivity contribution is 6.31. The second-order valence-electron chi connectivity index (χ2n) is 3.61. The molecule has 108 valence electrons. The molecule has 8 heteroatoms. The van der Waals surface area contributed by atoms with Crippen molar-refractivity contribution in [1.29, 1.82) is 0 Å². The van der Waals surface area contributed by atoms with Gasteiger partial charge in [-0.1, -0.05) is 11.6 Å². The molecule has 0 fully saturated rings.